The van der Waals surface area contributed by atoms with Gasteiger partial charge >= 0.3 is 0 Å². The minimum atomic E-state index is 0.176. The maximum atomic E-state index is 5.48. The molecule has 2 rings (SSSR count). The number of nitrogens with one attached hydrogen (secondary N) is 1. The van der Waals surface area contributed by atoms with E-state index in [-0.39, 0.29) is 5.41 Å². The van der Waals surface area contributed by atoms with Crippen molar-refractivity contribution in [3.8, 4) is 0 Å². The summed E-state index contributed by atoms with van der Waals surface area (Å²) in [5.41, 5.74) is 0.176. The summed E-state index contributed by atoms with van der Waals surface area (Å²) < 4.78 is 5.48. The van der Waals surface area contributed by atoms with Crippen molar-refractivity contribution in [2.24, 2.45) is 5.41 Å². The second-order valence-electron chi connectivity index (χ2n) is 7.11. The van der Waals surface area contributed by atoms with Gasteiger partial charge < -0.3 is 14.7 Å². The lowest BCUT2D eigenvalue weighted by atomic mass is 9.84. The first-order chi connectivity index (χ1) is 10.0. The zero-order valence-electron chi connectivity index (χ0n) is 14.0. The molecule has 21 heavy (non-hydrogen) atoms. The first-order valence-corrected chi connectivity index (χ1v) is 8.31. The largest absolute Gasteiger partial charge is 0.338 e. The number of aromatic nitrogens is 2. The van der Waals surface area contributed by atoms with Crippen molar-refractivity contribution in [3.63, 3.8) is 0 Å². The van der Waals surface area contributed by atoms with E-state index in [2.05, 4.69) is 48.1 Å². The molecule has 1 saturated heterocycles. The second kappa shape index (κ2) is 7.25. The van der Waals surface area contributed by atoms with Gasteiger partial charge in [-0.1, -0.05) is 27.7 Å². The predicted octanol–water partition coefficient (Wildman–Crippen LogP) is 3.02. The molecule has 1 fully saturated rings. The first kappa shape index (κ1) is 16.3. The van der Waals surface area contributed by atoms with Gasteiger partial charge in [0.25, 0.3) is 5.95 Å². The third-order valence-corrected chi connectivity index (χ3v) is 4.16. The fourth-order valence-corrected chi connectivity index (χ4v) is 2.73. The number of anilines is 1. The fraction of sp³-hybridized carbons (Fsp3) is 0.875. The predicted molar refractivity (Wildman–Crippen MR) is 85.6 cm³/mol. The Bertz CT molecular complexity index is 418. The summed E-state index contributed by atoms with van der Waals surface area (Å²) in [4.78, 5) is 6.84. The number of piperidine rings is 1. The van der Waals surface area contributed by atoms with Gasteiger partial charge in [0.1, 0.15) is 0 Å². The molecule has 1 unspecified atom stereocenters. The van der Waals surface area contributed by atoms with Gasteiger partial charge in [0.05, 0.1) is 0 Å². The second-order valence-corrected chi connectivity index (χ2v) is 7.11. The minimum absolute atomic E-state index is 0.176. The van der Waals surface area contributed by atoms with Crippen LogP contribution in [0.15, 0.2) is 4.52 Å². The molecule has 0 radical (unpaired) electrons. The van der Waals surface area contributed by atoms with E-state index in [0.29, 0.717) is 6.04 Å². The van der Waals surface area contributed by atoms with E-state index >= 15 is 0 Å². The van der Waals surface area contributed by atoms with Gasteiger partial charge in [0.15, 0.2) is 0 Å². The molecule has 1 aliphatic rings. The Labute approximate surface area is 128 Å². The molecule has 0 bridgehead atoms. The van der Waals surface area contributed by atoms with Crippen LogP contribution in [0.3, 0.4) is 0 Å². The Balaban J connectivity index is 1.98. The van der Waals surface area contributed by atoms with Crippen molar-refractivity contribution < 1.29 is 4.52 Å². The molecule has 120 valence electrons. The fourth-order valence-electron chi connectivity index (χ4n) is 2.73. The molecule has 0 aliphatic carbocycles. The molecule has 1 aliphatic heterocycles. The molecule has 1 N–H and O–H groups in total. The molecule has 5 nitrogen and oxygen atoms in total. The summed E-state index contributed by atoms with van der Waals surface area (Å²) >= 11 is 0. The van der Waals surface area contributed by atoms with E-state index in [9.17, 15) is 0 Å². The zero-order valence-corrected chi connectivity index (χ0v) is 14.0. The van der Waals surface area contributed by atoms with Crippen molar-refractivity contribution in [2.75, 3.05) is 24.5 Å². The van der Waals surface area contributed by atoms with Crippen molar-refractivity contribution in [1.29, 1.82) is 0 Å². The maximum absolute atomic E-state index is 5.48. The van der Waals surface area contributed by atoms with Crippen LogP contribution >= 0.6 is 0 Å². The third kappa shape index (κ3) is 4.70. The van der Waals surface area contributed by atoms with Gasteiger partial charge in [0, 0.05) is 25.6 Å². The van der Waals surface area contributed by atoms with Gasteiger partial charge in [-0.3, -0.25) is 0 Å². The molecular weight excluding hydrogens is 264 g/mol. The molecule has 5 heteroatoms. The molecule has 0 aromatic carbocycles. The van der Waals surface area contributed by atoms with Gasteiger partial charge in [-0.15, -0.1) is 0 Å². The van der Waals surface area contributed by atoms with E-state index in [1.54, 1.807) is 0 Å². The first-order valence-electron chi connectivity index (χ1n) is 8.31. The van der Waals surface area contributed by atoms with Gasteiger partial charge in [0.2, 0.25) is 5.89 Å². The molecule has 0 saturated carbocycles. The van der Waals surface area contributed by atoms with Crippen LogP contribution in [0.5, 0.6) is 0 Å². The molecule has 1 atom stereocenters. The van der Waals surface area contributed by atoms with Crippen LogP contribution in [0.25, 0.3) is 0 Å². The Morgan fingerprint density at radius 2 is 1.95 bits per heavy atom. The Morgan fingerprint density at radius 1 is 1.24 bits per heavy atom. The van der Waals surface area contributed by atoms with Crippen molar-refractivity contribution in [2.45, 2.75) is 65.8 Å². The normalized spacial score (nSPS) is 18.0. The highest BCUT2D eigenvalue weighted by molar-refractivity contribution is 5.28. The topological polar surface area (TPSA) is 54.2 Å². The highest BCUT2D eigenvalue weighted by atomic mass is 16.5. The Kier molecular flexibility index (Phi) is 5.62. The molecule has 0 spiro atoms. The minimum Gasteiger partial charge on any atom is -0.338 e. The lowest BCUT2D eigenvalue weighted by Crippen LogP contribution is -2.42. The van der Waals surface area contributed by atoms with E-state index in [0.717, 1.165) is 44.3 Å². The van der Waals surface area contributed by atoms with Gasteiger partial charge in [-0.2, -0.15) is 4.98 Å². The van der Waals surface area contributed by atoms with Crippen LogP contribution in [0.4, 0.5) is 5.95 Å². The van der Waals surface area contributed by atoms with Gasteiger partial charge in [-0.05, 0) is 42.8 Å². The van der Waals surface area contributed by atoms with Gasteiger partial charge in [-0.25, -0.2) is 0 Å². The molecule has 2 heterocycles. The third-order valence-electron chi connectivity index (χ3n) is 4.16. The standard InChI is InChI=1S/C16H30N4O/c1-5-9-17-13(16(2,3)4)12-14-18-15(19-21-14)20-10-7-6-8-11-20/h13,17H,5-12H2,1-4H3. The summed E-state index contributed by atoms with van der Waals surface area (Å²) in [5, 5.41) is 7.77. The lowest BCUT2D eigenvalue weighted by molar-refractivity contribution is 0.244. The molecule has 1 aromatic rings. The van der Waals surface area contributed by atoms with Crippen LogP contribution in [0.1, 0.15) is 59.3 Å². The number of rotatable bonds is 6. The van der Waals surface area contributed by atoms with Crippen LogP contribution in [-0.4, -0.2) is 35.8 Å². The molecular formula is C16H30N4O. The highest BCUT2D eigenvalue weighted by Gasteiger charge is 2.27. The average Bonchev–Trinajstić information content (AvgIpc) is 2.92. The number of hydrogen-bond acceptors (Lipinski definition) is 5. The van der Waals surface area contributed by atoms with Crippen molar-refractivity contribution >= 4 is 5.95 Å². The lowest BCUT2D eigenvalue weighted by Gasteiger charge is -2.30. The number of hydrogen-bond donors (Lipinski definition) is 1. The quantitative estimate of drug-likeness (QED) is 0.874. The van der Waals surface area contributed by atoms with Crippen molar-refractivity contribution in [1.82, 2.24) is 15.5 Å². The van der Waals surface area contributed by atoms with Crippen molar-refractivity contribution in [3.05, 3.63) is 5.89 Å². The maximum Gasteiger partial charge on any atom is 0.266 e. The smallest absolute Gasteiger partial charge is 0.266 e. The average molecular weight is 294 g/mol. The Hall–Kier alpha value is -1.10. The monoisotopic (exact) mass is 294 g/mol. The van der Waals surface area contributed by atoms with E-state index in [1.807, 2.05) is 0 Å². The van der Waals surface area contributed by atoms with E-state index in [1.165, 1.54) is 19.3 Å². The van der Waals surface area contributed by atoms with Crippen LogP contribution in [0.2, 0.25) is 0 Å². The highest BCUT2D eigenvalue weighted by Crippen LogP contribution is 2.23. The summed E-state index contributed by atoms with van der Waals surface area (Å²) in [5.74, 6) is 1.52. The van der Waals surface area contributed by atoms with Crippen LogP contribution < -0.4 is 10.2 Å². The molecule has 0 amide bonds. The van der Waals surface area contributed by atoms with E-state index in [4.69, 9.17) is 4.52 Å². The summed E-state index contributed by atoms with van der Waals surface area (Å²) in [6, 6.07) is 0.354. The van der Waals surface area contributed by atoms with E-state index < -0.39 is 0 Å². The summed E-state index contributed by atoms with van der Waals surface area (Å²) in [6.07, 6.45) is 5.70. The number of nitrogens with zero attached hydrogens (tertiary/aromatic N) is 3. The van der Waals surface area contributed by atoms with Crippen LogP contribution in [0, 0.1) is 5.41 Å². The van der Waals surface area contributed by atoms with Crippen LogP contribution in [-0.2, 0) is 6.42 Å². The summed E-state index contributed by atoms with van der Waals surface area (Å²) in [7, 11) is 0. The zero-order chi connectivity index (χ0) is 15.3. The SMILES string of the molecule is CCCNC(Cc1nc(N2CCCCC2)no1)C(C)(C)C. The Morgan fingerprint density at radius 3 is 2.57 bits per heavy atom. The summed E-state index contributed by atoms with van der Waals surface area (Å²) in [6.45, 7) is 12.1. The molecule has 1 aromatic heterocycles.